The molecule has 0 saturated carbocycles. The molecule has 5 nitrogen and oxygen atoms in total. The molecule has 1 amide bonds. The van der Waals surface area contributed by atoms with E-state index in [0.29, 0.717) is 12.8 Å². The molecule has 130 valence electrons. The van der Waals surface area contributed by atoms with Crippen LogP contribution < -0.4 is 5.32 Å². The van der Waals surface area contributed by atoms with Crippen molar-refractivity contribution >= 4 is 17.5 Å². The van der Waals surface area contributed by atoms with Crippen LogP contribution in [0.3, 0.4) is 0 Å². The summed E-state index contributed by atoms with van der Waals surface area (Å²) in [7, 11) is 0. The third kappa shape index (κ3) is 3.51. The Hall–Kier alpha value is -1.75. The molecule has 6 heteroatoms. The van der Waals surface area contributed by atoms with Crippen molar-refractivity contribution in [2.75, 3.05) is 0 Å². The molecule has 1 atom stereocenters. The summed E-state index contributed by atoms with van der Waals surface area (Å²) in [6.07, 6.45) is 2.67. The number of fused-ring (bicyclic) bond motifs is 1. The monoisotopic (exact) mass is 350 g/mol. The summed E-state index contributed by atoms with van der Waals surface area (Å²) in [4.78, 5) is 12.4. The Labute approximate surface area is 146 Å². The fourth-order valence-electron chi connectivity index (χ4n) is 3.46. The highest BCUT2D eigenvalue weighted by Crippen LogP contribution is 2.42. The molecule has 1 aliphatic carbocycles. The number of furan rings is 1. The second-order valence-electron chi connectivity index (χ2n) is 7.42. The molecule has 0 unspecified atom stereocenters. The third-order valence-corrected chi connectivity index (χ3v) is 4.91. The fraction of sp³-hybridized carbons (Fsp3) is 0.556. The molecule has 2 aromatic rings. The first-order valence-electron chi connectivity index (χ1n) is 8.24. The summed E-state index contributed by atoms with van der Waals surface area (Å²) >= 11 is 5.95. The van der Waals surface area contributed by atoms with E-state index < -0.39 is 0 Å². The number of amides is 1. The lowest BCUT2D eigenvalue weighted by atomic mass is 9.74. The Morgan fingerprint density at radius 3 is 2.88 bits per heavy atom. The molecule has 2 heterocycles. The van der Waals surface area contributed by atoms with Gasteiger partial charge in [-0.15, -0.1) is 0 Å². The molecule has 0 spiro atoms. The highest BCUT2D eigenvalue weighted by Gasteiger charge is 2.35. The molecule has 0 aliphatic heterocycles. The zero-order valence-electron chi connectivity index (χ0n) is 14.5. The number of aryl methyl sites for hydroxylation is 2. The summed E-state index contributed by atoms with van der Waals surface area (Å²) in [5.41, 5.74) is 2.75. The Kier molecular flexibility index (Phi) is 4.47. The molecule has 0 fully saturated rings. The van der Waals surface area contributed by atoms with Crippen molar-refractivity contribution in [2.24, 2.45) is 5.41 Å². The van der Waals surface area contributed by atoms with E-state index in [1.165, 1.54) is 0 Å². The van der Waals surface area contributed by atoms with Crippen molar-refractivity contribution < 1.29 is 13.7 Å². The standard InChI is InChI=1S/C18H23ClN2O3/c1-10-7-13-14(8-18(3,4)9-15(13)23-10)20-16(22)6-5-12-11(2)21-24-17(12)19/h7,14H,5-6,8-9H2,1-4H3,(H,20,22)/t14-/m1/s1. The van der Waals surface area contributed by atoms with Gasteiger partial charge in [-0.3, -0.25) is 4.79 Å². The number of halogens is 1. The molecule has 0 radical (unpaired) electrons. The number of carbonyl (C=O) groups is 1. The van der Waals surface area contributed by atoms with Gasteiger partial charge in [-0.2, -0.15) is 0 Å². The van der Waals surface area contributed by atoms with Gasteiger partial charge in [-0.05, 0) is 49.8 Å². The van der Waals surface area contributed by atoms with Crippen molar-refractivity contribution in [2.45, 2.75) is 59.4 Å². The van der Waals surface area contributed by atoms with Gasteiger partial charge < -0.3 is 14.3 Å². The molecule has 1 N–H and O–H groups in total. The predicted molar refractivity (Wildman–Crippen MR) is 91.0 cm³/mol. The van der Waals surface area contributed by atoms with Gasteiger partial charge in [0.2, 0.25) is 11.1 Å². The van der Waals surface area contributed by atoms with E-state index in [0.717, 1.165) is 41.2 Å². The van der Waals surface area contributed by atoms with Gasteiger partial charge in [0.25, 0.3) is 0 Å². The second-order valence-corrected chi connectivity index (χ2v) is 7.76. The van der Waals surface area contributed by atoms with E-state index in [1.807, 2.05) is 19.9 Å². The van der Waals surface area contributed by atoms with Crippen molar-refractivity contribution in [1.29, 1.82) is 0 Å². The summed E-state index contributed by atoms with van der Waals surface area (Å²) in [6.45, 7) is 8.17. The fourth-order valence-corrected chi connectivity index (χ4v) is 3.72. The van der Waals surface area contributed by atoms with Crippen LogP contribution in [0.1, 0.15) is 61.1 Å². The number of rotatable bonds is 4. The molecule has 3 rings (SSSR count). The number of nitrogens with zero attached hydrogens (tertiary/aromatic N) is 1. The van der Waals surface area contributed by atoms with Crippen LogP contribution in [-0.2, 0) is 17.6 Å². The zero-order chi connectivity index (χ0) is 17.5. The van der Waals surface area contributed by atoms with Crippen LogP contribution in [0.4, 0.5) is 0 Å². The van der Waals surface area contributed by atoms with Crippen molar-refractivity contribution in [3.05, 3.63) is 39.6 Å². The van der Waals surface area contributed by atoms with E-state index in [2.05, 4.69) is 24.3 Å². The maximum atomic E-state index is 12.4. The Morgan fingerprint density at radius 2 is 2.21 bits per heavy atom. The van der Waals surface area contributed by atoms with Crippen molar-refractivity contribution in [3.63, 3.8) is 0 Å². The van der Waals surface area contributed by atoms with Crippen LogP contribution in [0.2, 0.25) is 5.22 Å². The SMILES string of the molecule is Cc1cc2c(o1)CC(C)(C)C[C@H]2NC(=O)CCc1c(C)noc1Cl. The normalized spacial score (nSPS) is 19.1. The molecule has 0 aromatic carbocycles. The lowest BCUT2D eigenvalue weighted by Crippen LogP contribution is -2.36. The van der Waals surface area contributed by atoms with Gasteiger partial charge in [0.1, 0.15) is 11.5 Å². The van der Waals surface area contributed by atoms with Gasteiger partial charge in [0, 0.05) is 24.0 Å². The Balaban J connectivity index is 1.68. The van der Waals surface area contributed by atoms with Gasteiger partial charge in [0.15, 0.2) is 0 Å². The van der Waals surface area contributed by atoms with Crippen LogP contribution in [0.5, 0.6) is 0 Å². The smallest absolute Gasteiger partial charge is 0.229 e. The molecular formula is C18H23ClN2O3. The van der Waals surface area contributed by atoms with E-state index in [9.17, 15) is 4.79 Å². The first-order chi connectivity index (χ1) is 11.2. The first-order valence-corrected chi connectivity index (χ1v) is 8.62. The minimum absolute atomic E-state index is 0.000769. The topological polar surface area (TPSA) is 68.3 Å². The average Bonchev–Trinajstić information content (AvgIpc) is 2.98. The van der Waals surface area contributed by atoms with Crippen LogP contribution in [0.25, 0.3) is 0 Å². The predicted octanol–water partition coefficient (Wildman–Crippen LogP) is 4.30. The first kappa shape index (κ1) is 17.1. The van der Waals surface area contributed by atoms with E-state index >= 15 is 0 Å². The summed E-state index contributed by atoms with van der Waals surface area (Å²) in [5, 5.41) is 7.23. The Bertz CT molecular complexity index is 741. The molecule has 1 aliphatic rings. The molecule has 24 heavy (non-hydrogen) atoms. The van der Waals surface area contributed by atoms with Crippen LogP contribution in [0, 0.1) is 19.3 Å². The average molecular weight is 351 g/mol. The minimum atomic E-state index is -0.00672. The van der Waals surface area contributed by atoms with Crippen molar-refractivity contribution in [1.82, 2.24) is 10.5 Å². The number of nitrogens with one attached hydrogen (secondary N) is 1. The zero-order valence-corrected chi connectivity index (χ0v) is 15.3. The van der Waals surface area contributed by atoms with Crippen molar-refractivity contribution in [3.8, 4) is 0 Å². The minimum Gasteiger partial charge on any atom is -0.466 e. The third-order valence-electron chi connectivity index (χ3n) is 4.61. The summed E-state index contributed by atoms with van der Waals surface area (Å²) < 4.78 is 10.7. The van der Waals surface area contributed by atoms with Crippen LogP contribution >= 0.6 is 11.6 Å². The van der Waals surface area contributed by atoms with Gasteiger partial charge in [-0.25, -0.2) is 0 Å². The molecule has 0 saturated heterocycles. The number of aromatic nitrogens is 1. The van der Waals surface area contributed by atoms with E-state index in [1.54, 1.807) is 0 Å². The van der Waals surface area contributed by atoms with Crippen LogP contribution in [0.15, 0.2) is 15.0 Å². The highest BCUT2D eigenvalue weighted by molar-refractivity contribution is 6.29. The second kappa shape index (κ2) is 6.28. The number of hydrogen-bond acceptors (Lipinski definition) is 4. The van der Waals surface area contributed by atoms with Gasteiger partial charge in [0.05, 0.1) is 11.7 Å². The van der Waals surface area contributed by atoms with Crippen LogP contribution in [-0.4, -0.2) is 11.1 Å². The number of carbonyl (C=O) groups excluding carboxylic acids is 1. The quantitative estimate of drug-likeness (QED) is 0.892. The molecular weight excluding hydrogens is 328 g/mol. The van der Waals surface area contributed by atoms with Gasteiger partial charge in [-0.1, -0.05) is 19.0 Å². The molecule has 0 bridgehead atoms. The summed E-state index contributed by atoms with van der Waals surface area (Å²) in [5.74, 6) is 1.88. The Morgan fingerprint density at radius 1 is 1.46 bits per heavy atom. The van der Waals surface area contributed by atoms with E-state index in [-0.39, 0.29) is 22.6 Å². The lowest BCUT2D eigenvalue weighted by molar-refractivity contribution is -0.122. The number of hydrogen-bond donors (Lipinski definition) is 1. The highest BCUT2D eigenvalue weighted by atomic mass is 35.5. The molecule has 2 aromatic heterocycles. The maximum Gasteiger partial charge on any atom is 0.229 e. The lowest BCUT2D eigenvalue weighted by Gasteiger charge is -2.34. The summed E-state index contributed by atoms with van der Waals surface area (Å²) in [6, 6.07) is 2.03. The van der Waals surface area contributed by atoms with E-state index in [4.69, 9.17) is 20.5 Å². The maximum absolute atomic E-state index is 12.4. The largest absolute Gasteiger partial charge is 0.466 e. The van der Waals surface area contributed by atoms with Gasteiger partial charge >= 0.3 is 0 Å².